The van der Waals surface area contributed by atoms with Crippen LogP contribution in [0, 0.1) is 6.92 Å². The van der Waals surface area contributed by atoms with E-state index in [0.29, 0.717) is 22.0 Å². The van der Waals surface area contributed by atoms with Gasteiger partial charge in [0.25, 0.3) is 0 Å². The Bertz CT molecular complexity index is 681. The summed E-state index contributed by atoms with van der Waals surface area (Å²) >= 11 is 5.80. The Morgan fingerprint density at radius 3 is 2.23 bits per heavy atom. The number of hydrogen-bond acceptors (Lipinski definition) is 2. The molecule has 1 aromatic heterocycles. The Labute approximate surface area is 178 Å². The second-order valence-electron chi connectivity index (χ2n) is 4.63. The first-order valence-electron chi connectivity index (χ1n) is 6.07. The Balaban J connectivity index is 0.00000220. The standard InChI is InChI=1S/C15H14ClNO3.2Na.2H/c1-9-7-12(8-13(18)19)17(2)14(9)15(20)10-3-5-11(16)6-4-10;;;;/h3-7H,8H2,1-2H3,(H,18,19);;;;. The molecule has 0 spiro atoms. The second-order valence-corrected chi connectivity index (χ2v) is 5.07. The van der Waals surface area contributed by atoms with E-state index >= 15 is 0 Å². The van der Waals surface area contributed by atoms with Crippen LogP contribution in [-0.4, -0.2) is 80.5 Å². The minimum atomic E-state index is -0.920. The van der Waals surface area contributed by atoms with Gasteiger partial charge >= 0.3 is 65.1 Å². The van der Waals surface area contributed by atoms with Crippen LogP contribution in [0.3, 0.4) is 0 Å². The van der Waals surface area contributed by atoms with E-state index in [1.54, 1.807) is 48.9 Å². The number of rotatable bonds is 4. The summed E-state index contributed by atoms with van der Waals surface area (Å²) in [7, 11) is 1.70. The zero-order chi connectivity index (χ0) is 14.9. The van der Waals surface area contributed by atoms with Crippen LogP contribution in [0.25, 0.3) is 0 Å². The number of aromatic nitrogens is 1. The molecule has 2 aromatic rings. The first kappa shape index (κ1) is 21.9. The molecule has 0 radical (unpaired) electrons. The third-order valence-electron chi connectivity index (χ3n) is 3.18. The van der Waals surface area contributed by atoms with Gasteiger partial charge in [0, 0.05) is 23.3 Å². The molecule has 1 heterocycles. The molecule has 0 amide bonds. The van der Waals surface area contributed by atoms with Crippen LogP contribution in [0.4, 0.5) is 0 Å². The van der Waals surface area contributed by atoms with E-state index in [-0.39, 0.29) is 71.3 Å². The van der Waals surface area contributed by atoms with Crippen LogP contribution < -0.4 is 0 Å². The predicted molar refractivity (Wildman–Crippen MR) is 90.7 cm³/mol. The summed E-state index contributed by atoms with van der Waals surface area (Å²) in [6, 6.07) is 8.37. The number of carbonyl (C=O) groups is 2. The predicted octanol–water partition coefficient (Wildman–Crippen LogP) is 1.55. The maximum absolute atomic E-state index is 12.5. The monoisotopic (exact) mass is 339 g/mol. The molecule has 0 aliphatic rings. The van der Waals surface area contributed by atoms with Gasteiger partial charge in [-0.25, -0.2) is 0 Å². The van der Waals surface area contributed by atoms with Crippen LogP contribution >= 0.6 is 11.6 Å². The van der Waals surface area contributed by atoms with Gasteiger partial charge in [-0.15, -0.1) is 0 Å². The molecule has 1 N–H and O–H groups in total. The van der Waals surface area contributed by atoms with Crippen LogP contribution in [0.5, 0.6) is 0 Å². The first-order valence-corrected chi connectivity index (χ1v) is 6.45. The molecule has 108 valence electrons. The molecule has 0 aliphatic heterocycles. The van der Waals surface area contributed by atoms with Crippen molar-refractivity contribution in [3.63, 3.8) is 0 Å². The van der Waals surface area contributed by atoms with Crippen LogP contribution in [0.1, 0.15) is 27.3 Å². The summed E-state index contributed by atoms with van der Waals surface area (Å²) < 4.78 is 1.64. The van der Waals surface area contributed by atoms with Gasteiger partial charge in [0.1, 0.15) is 0 Å². The third-order valence-corrected chi connectivity index (χ3v) is 3.43. The van der Waals surface area contributed by atoms with Gasteiger partial charge in [-0.2, -0.15) is 0 Å². The fraction of sp³-hybridized carbons (Fsp3) is 0.200. The zero-order valence-corrected chi connectivity index (χ0v) is 11.9. The van der Waals surface area contributed by atoms with Crippen molar-refractivity contribution in [3.05, 3.63) is 57.9 Å². The van der Waals surface area contributed by atoms with E-state index in [2.05, 4.69) is 0 Å². The van der Waals surface area contributed by atoms with Crippen LogP contribution in [0.2, 0.25) is 5.02 Å². The summed E-state index contributed by atoms with van der Waals surface area (Å²) in [4.78, 5) is 23.3. The molecular formula is C15H16ClNNa2O3. The quantitative estimate of drug-likeness (QED) is 0.679. The van der Waals surface area contributed by atoms with Crippen molar-refractivity contribution in [1.82, 2.24) is 4.57 Å². The molecule has 4 nitrogen and oxygen atoms in total. The number of hydrogen-bond donors (Lipinski definition) is 1. The fourth-order valence-corrected chi connectivity index (χ4v) is 2.34. The van der Waals surface area contributed by atoms with E-state index in [1.807, 2.05) is 0 Å². The van der Waals surface area contributed by atoms with Gasteiger partial charge in [-0.3, -0.25) is 9.59 Å². The van der Waals surface area contributed by atoms with Gasteiger partial charge in [0.05, 0.1) is 12.1 Å². The minimum absolute atomic E-state index is 0. The van der Waals surface area contributed by atoms with Gasteiger partial charge in [0.15, 0.2) is 0 Å². The van der Waals surface area contributed by atoms with Crippen molar-refractivity contribution in [2.24, 2.45) is 7.05 Å². The number of nitrogens with zero attached hydrogens (tertiary/aromatic N) is 1. The number of carboxylic acid groups (broad SMARTS) is 1. The average molecular weight is 340 g/mol. The Hall–Kier alpha value is -0.0700. The van der Waals surface area contributed by atoms with E-state index < -0.39 is 5.97 Å². The van der Waals surface area contributed by atoms with Crippen LogP contribution in [-0.2, 0) is 18.3 Å². The van der Waals surface area contributed by atoms with Crippen molar-refractivity contribution >= 4 is 82.5 Å². The molecule has 2 rings (SSSR count). The first-order chi connectivity index (χ1) is 9.40. The summed E-state index contributed by atoms with van der Waals surface area (Å²) in [5.74, 6) is -1.06. The second kappa shape index (κ2) is 9.28. The van der Waals surface area contributed by atoms with Crippen molar-refractivity contribution in [2.45, 2.75) is 13.3 Å². The van der Waals surface area contributed by atoms with E-state index in [4.69, 9.17) is 16.7 Å². The molecule has 1 aromatic carbocycles. The summed E-state index contributed by atoms with van der Waals surface area (Å²) in [6.45, 7) is 1.80. The number of aliphatic carboxylic acids is 1. The molecule has 22 heavy (non-hydrogen) atoms. The van der Waals surface area contributed by atoms with Gasteiger partial charge in [-0.1, -0.05) is 11.6 Å². The number of halogens is 1. The van der Waals surface area contributed by atoms with Crippen molar-refractivity contribution in [1.29, 1.82) is 0 Å². The summed E-state index contributed by atoms with van der Waals surface area (Å²) in [5, 5.41) is 9.43. The number of benzene rings is 1. The average Bonchev–Trinajstić information content (AvgIpc) is 2.64. The molecule has 0 bridgehead atoms. The molecule has 0 atom stereocenters. The van der Waals surface area contributed by atoms with Crippen molar-refractivity contribution in [2.75, 3.05) is 0 Å². The maximum atomic E-state index is 12.5. The number of ketones is 1. The molecule has 0 unspecified atom stereocenters. The number of aryl methyl sites for hydroxylation is 1. The number of carboxylic acids is 1. The zero-order valence-electron chi connectivity index (χ0n) is 11.2. The Kier molecular flexibility index (Phi) is 9.25. The SMILES string of the molecule is Cc1cc(CC(=O)O)n(C)c1C(=O)c1ccc(Cl)cc1.[NaH].[NaH]. The van der Waals surface area contributed by atoms with Crippen molar-refractivity contribution < 1.29 is 14.7 Å². The van der Waals surface area contributed by atoms with E-state index in [9.17, 15) is 9.59 Å². The normalized spacial score (nSPS) is 9.59. The fourth-order valence-electron chi connectivity index (χ4n) is 2.22. The molecule has 0 saturated heterocycles. The Morgan fingerprint density at radius 2 is 1.73 bits per heavy atom. The van der Waals surface area contributed by atoms with Gasteiger partial charge in [-0.05, 0) is 42.8 Å². The van der Waals surface area contributed by atoms with E-state index in [1.165, 1.54) is 0 Å². The third kappa shape index (κ3) is 4.96. The van der Waals surface area contributed by atoms with E-state index in [0.717, 1.165) is 5.56 Å². The Morgan fingerprint density at radius 1 is 1.18 bits per heavy atom. The van der Waals surface area contributed by atoms with Crippen molar-refractivity contribution in [3.8, 4) is 0 Å². The molecule has 0 aliphatic carbocycles. The summed E-state index contributed by atoms with van der Waals surface area (Å²) in [6.07, 6.45) is -0.106. The van der Waals surface area contributed by atoms with Gasteiger partial charge < -0.3 is 9.67 Å². The molecule has 0 fully saturated rings. The topological polar surface area (TPSA) is 59.3 Å². The molecule has 0 saturated carbocycles. The number of carbonyl (C=O) groups excluding carboxylic acids is 1. The molecule has 7 heteroatoms. The molecular weight excluding hydrogens is 324 g/mol. The summed E-state index contributed by atoms with van der Waals surface area (Å²) in [5.41, 5.74) is 2.40. The van der Waals surface area contributed by atoms with Gasteiger partial charge in [0.2, 0.25) is 5.78 Å². The van der Waals surface area contributed by atoms with Crippen LogP contribution in [0.15, 0.2) is 30.3 Å².